The van der Waals surface area contributed by atoms with Gasteiger partial charge in [-0.2, -0.15) is 0 Å². The SMILES string of the molecule is C=CCCCN(C)C(C)C(C)CNCCC. The van der Waals surface area contributed by atoms with Gasteiger partial charge in [0, 0.05) is 6.04 Å². The quantitative estimate of drug-likeness (QED) is 0.455. The van der Waals surface area contributed by atoms with Crippen LogP contribution in [0.3, 0.4) is 0 Å². The van der Waals surface area contributed by atoms with Crippen LogP contribution in [0.1, 0.15) is 40.0 Å². The third-order valence-electron chi connectivity index (χ3n) is 3.33. The number of rotatable bonds is 10. The molecule has 0 aliphatic carbocycles. The van der Waals surface area contributed by atoms with Gasteiger partial charge in [-0.25, -0.2) is 0 Å². The van der Waals surface area contributed by atoms with Crippen LogP contribution in [-0.4, -0.2) is 37.6 Å². The third-order valence-corrected chi connectivity index (χ3v) is 3.33. The van der Waals surface area contributed by atoms with Crippen LogP contribution in [0.2, 0.25) is 0 Å². The van der Waals surface area contributed by atoms with E-state index in [9.17, 15) is 0 Å². The molecule has 0 aliphatic rings. The molecule has 0 aliphatic heterocycles. The van der Waals surface area contributed by atoms with Crippen molar-refractivity contribution < 1.29 is 0 Å². The number of allylic oxidation sites excluding steroid dienone is 1. The maximum Gasteiger partial charge on any atom is 0.0102 e. The molecule has 0 fully saturated rings. The topological polar surface area (TPSA) is 15.3 Å². The van der Waals surface area contributed by atoms with Gasteiger partial charge in [0.05, 0.1) is 0 Å². The first kappa shape index (κ1) is 15.7. The molecule has 2 atom stereocenters. The zero-order chi connectivity index (χ0) is 12.4. The molecular formula is C14H30N2. The lowest BCUT2D eigenvalue weighted by atomic mass is 10.0. The van der Waals surface area contributed by atoms with Crippen molar-refractivity contribution in [3.05, 3.63) is 12.7 Å². The Morgan fingerprint density at radius 2 is 2.06 bits per heavy atom. The van der Waals surface area contributed by atoms with E-state index >= 15 is 0 Å². The first-order chi connectivity index (χ1) is 7.63. The van der Waals surface area contributed by atoms with E-state index in [1.165, 1.54) is 19.4 Å². The molecule has 0 saturated heterocycles. The highest BCUT2D eigenvalue weighted by Gasteiger charge is 2.15. The normalized spacial score (nSPS) is 15.1. The third kappa shape index (κ3) is 7.02. The molecule has 96 valence electrons. The first-order valence-electron chi connectivity index (χ1n) is 6.65. The molecule has 0 aromatic heterocycles. The van der Waals surface area contributed by atoms with Gasteiger partial charge in [0.2, 0.25) is 0 Å². The van der Waals surface area contributed by atoms with Crippen LogP contribution in [0, 0.1) is 5.92 Å². The lowest BCUT2D eigenvalue weighted by Crippen LogP contribution is -2.39. The average molecular weight is 226 g/mol. The monoisotopic (exact) mass is 226 g/mol. The van der Waals surface area contributed by atoms with E-state index in [0.717, 1.165) is 19.5 Å². The number of nitrogens with zero attached hydrogens (tertiary/aromatic N) is 1. The van der Waals surface area contributed by atoms with Crippen molar-refractivity contribution >= 4 is 0 Å². The van der Waals surface area contributed by atoms with E-state index in [-0.39, 0.29) is 0 Å². The Bertz CT molecular complexity index is 168. The Morgan fingerprint density at radius 1 is 1.38 bits per heavy atom. The molecule has 1 N–H and O–H groups in total. The highest BCUT2D eigenvalue weighted by molar-refractivity contribution is 4.73. The lowest BCUT2D eigenvalue weighted by molar-refractivity contribution is 0.194. The summed E-state index contributed by atoms with van der Waals surface area (Å²) in [7, 11) is 2.23. The maximum absolute atomic E-state index is 3.76. The number of unbranched alkanes of at least 4 members (excludes halogenated alkanes) is 1. The highest BCUT2D eigenvalue weighted by Crippen LogP contribution is 2.09. The largest absolute Gasteiger partial charge is 0.316 e. The summed E-state index contributed by atoms with van der Waals surface area (Å²) in [5.74, 6) is 0.709. The fraction of sp³-hybridized carbons (Fsp3) is 0.857. The first-order valence-corrected chi connectivity index (χ1v) is 6.65. The molecule has 0 radical (unpaired) electrons. The van der Waals surface area contributed by atoms with Crippen molar-refractivity contribution in [2.45, 2.75) is 46.1 Å². The minimum absolute atomic E-state index is 0.647. The van der Waals surface area contributed by atoms with E-state index in [0.29, 0.717) is 12.0 Å². The van der Waals surface area contributed by atoms with E-state index < -0.39 is 0 Å². The molecule has 0 aromatic carbocycles. The summed E-state index contributed by atoms with van der Waals surface area (Å²) in [4.78, 5) is 2.46. The van der Waals surface area contributed by atoms with Gasteiger partial charge < -0.3 is 10.2 Å². The van der Waals surface area contributed by atoms with Gasteiger partial charge in [-0.1, -0.05) is 19.9 Å². The molecule has 16 heavy (non-hydrogen) atoms. The van der Waals surface area contributed by atoms with Crippen LogP contribution < -0.4 is 5.32 Å². The van der Waals surface area contributed by atoms with Crippen molar-refractivity contribution in [3.8, 4) is 0 Å². The number of nitrogens with one attached hydrogen (secondary N) is 1. The van der Waals surface area contributed by atoms with Gasteiger partial charge in [-0.3, -0.25) is 0 Å². The molecule has 0 spiro atoms. The summed E-state index contributed by atoms with van der Waals surface area (Å²) in [5.41, 5.74) is 0. The molecule has 0 heterocycles. The molecule has 2 nitrogen and oxygen atoms in total. The molecule has 0 rings (SSSR count). The minimum atomic E-state index is 0.647. The Hall–Kier alpha value is -0.340. The summed E-state index contributed by atoms with van der Waals surface area (Å²) in [6, 6.07) is 0.647. The Labute approximate surface area is 102 Å². The van der Waals surface area contributed by atoms with Gasteiger partial charge >= 0.3 is 0 Å². The smallest absolute Gasteiger partial charge is 0.0102 e. The Kier molecular flexibility index (Phi) is 9.65. The van der Waals surface area contributed by atoms with Crippen molar-refractivity contribution in [1.29, 1.82) is 0 Å². The van der Waals surface area contributed by atoms with E-state index in [4.69, 9.17) is 0 Å². The second kappa shape index (κ2) is 9.86. The minimum Gasteiger partial charge on any atom is -0.316 e. The van der Waals surface area contributed by atoms with Crippen molar-refractivity contribution in [2.24, 2.45) is 5.92 Å². The molecular weight excluding hydrogens is 196 g/mol. The lowest BCUT2D eigenvalue weighted by Gasteiger charge is -2.30. The second-order valence-corrected chi connectivity index (χ2v) is 4.83. The van der Waals surface area contributed by atoms with Crippen molar-refractivity contribution in [1.82, 2.24) is 10.2 Å². The summed E-state index contributed by atoms with van der Waals surface area (Å²) in [5, 5.41) is 3.50. The van der Waals surface area contributed by atoms with Crippen molar-refractivity contribution in [2.75, 3.05) is 26.7 Å². The van der Waals surface area contributed by atoms with Crippen LogP contribution in [0.25, 0.3) is 0 Å². The fourth-order valence-electron chi connectivity index (χ4n) is 1.80. The van der Waals surface area contributed by atoms with Gasteiger partial charge in [-0.15, -0.1) is 6.58 Å². The van der Waals surface area contributed by atoms with Gasteiger partial charge in [-0.05, 0) is 58.8 Å². The molecule has 2 heteroatoms. The van der Waals surface area contributed by atoms with Crippen molar-refractivity contribution in [3.63, 3.8) is 0 Å². The fourth-order valence-corrected chi connectivity index (χ4v) is 1.80. The van der Waals surface area contributed by atoms with Crippen LogP contribution in [0.4, 0.5) is 0 Å². The zero-order valence-corrected chi connectivity index (χ0v) is 11.6. The average Bonchev–Trinajstić information content (AvgIpc) is 2.28. The molecule has 0 bridgehead atoms. The molecule has 0 saturated carbocycles. The van der Waals surface area contributed by atoms with Gasteiger partial charge in [0.1, 0.15) is 0 Å². The summed E-state index contributed by atoms with van der Waals surface area (Å²) < 4.78 is 0. The zero-order valence-electron chi connectivity index (χ0n) is 11.6. The summed E-state index contributed by atoms with van der Waals surface area (Å²) >= 11 is 0. The Morgan fingerprint density at radius 3 is 2.62 bits per heavy atom. The van der Waals surface area contributed by atoms with Crippen LogP contribution in [0.15, 0.2) is 12.7 Å². The predicted octanol–water partition coefficient (Wildman–Crippen LogP) is 2.91. The molecule has 0 aromatic rings. The van der Waals surface area contributed by atoms with Crippen LogP contribution >= 0.6 is 0 Å². The van der Waals surface area contributed by atoms with Crippen LogP contribution in [-0.2, 0) is 0 Å². The summed E-state index contributed by atoms with van der Waals surface area (Å²) in [6.07, 6.45) is 5.57. The van der Waals surface area contributed by atoms with E-state index in [1.54, 1.807) is 0 Å². The van der Waals surface area contributed by atoms with Gasteiger partial charge in [0.25, 0.3) is 0 Å². The number of hydrogen-bond donors (Lipinski definition) is 1. The number of hydrogen-bond acceptors (Lipinski definition) is 2. The highest BCUT2D eigenvalue weighted by atomic mass is 15.1. The Balaban J connectivity index is 3.72. The summed E-state index contributed by atoms with van der Waals surface area (Å²) in [6.45, 7) is 14.1. The van der Waals surface area contributed by atoms with Crippen LogP contribution in [0.5, 0.6) is 0 Å². The second-order valence-electron chi connectivity index (χ2n) is 4.83. The van der Waals surface area contributed by atoms with Gasteiger partial charge in [0.15, 0.2) is 0 Å². The molecule has 0 amide bonds. The van der Waals surface area contributed by atoms with E-state index in [2.05, 4.69) is 44.6 Å². The van der Waals surface area contributed by atoms with E-state index in [1.807, 2.05) is 6.08 Å². The standard InChI is InChI=1S/C14H30N2/c1-6-8-9-11-16(5)14(4)13(3)12-15-10-7-2/h6,13-15H,1,7-12H2,2-5H3. The predicted molar refractivity (Wildman–Crippen MR) is 73.8 cm³/mol. The molecule has 2 unspecified atom stereocenters. The maximum atomic E-state index is 3.76.